The minimum absolute atomic E-state index is 0.477. The van der Waals surface area contributed by atoms with Crippen LogP contribution in [0.15, 0.2) is 36.5 Å². The van der Waals surface area contributed by atoms with Crippen molar-refractivity contribution >= 4 is 16.9 Å². The van der Waals surface area contributed by atoms with Crippen molar-refractivity contribution in [3.05, 3.63) is 42.1 Å². The Balaban J connectivity index is 2.51. The highest BCUT2D eigenvalue weighted by atomic mass is 16.4. The van der Waals surface area contributed by atoms with Gasteiger partial charge >= 0.3 is 5.97 Å². The lowest BCUT2D eigenvalue weighted by Crippen LogP contribution is -2.07. The van der Waals surface area contributed by atoms with E-state index in [1.165, 1.54) is 0 Å². The van der Waals surface area contributed by atoms with E-state index in [2.05, 4.69) is 4.98 Å². The lowest BCUT2D eigenvalue weighted by atomic mass is 10.00. The van der Waals surface area contributed by atoms with Crippen molar-refractivity contribution in [2.75, 3.05) is 0 Å². The van der Waals surface area contributed by atoms with Crippen molar-refractivity contribution in [2.45, 2.75) is 12.8 Å². The highest BCUT2D eigenvalue weighted by Gasteiger charge is 2.13. The molecule has 1 atom stereocenters. The molecule has 0 spiro atoms. The first-order valence-electron chi connectivity index (χ1n) is 4.76. The van der Waals surface area contributed by atoms with Crippen LogP contribution in [0.2, 0.25) is 0 Å². The fourth-order valence-electron chi connectivity index (χ4n) is 1.51. The molecule has 0 saturated heterocycles. The number of hydrogen-bond donors (Lipinski definition) is 1. The Morgan fingerprint density at radius 1 is 1.40 bits per heavy atom. The van der Waals surface area contributed by atoms with Crippen LogP contribution in [-0.4, -0.2) is 16.1 Å². The molecule has 3 nitrogen and oxygen atoms in total. The molecule has 0 fully saturated rings. The van der Waals surface area contributed by atoms with Gasteiger partial charge in [0.25, 0.3) is 0 Å². The lowest BCUT2D eigenvalue weighted by molar-refractivity contribution is -0.138. The summed E-state index contributed by atoms with van der Waals surface area (Å²) >= 11 is 0. The smallest absolute Gasteiger partial charge is 0.310 e. The zero-order chi connectivity index (χ0) is 10.8. The number of carbonyl (C=O) groups is 1. The van der Waals surface area contributed by atoms with Gasteiger partial charge in [0.05, 0.1) is 11.4 Å². The summed E-state index contributed by atoms with van der Waals surface area (Å²) in [5.41, 5.74) is 1.70. The molecule has 1 N–H and O–H groups in total. The summed E-state index contributed by atoms with van der Waals surface area (Å²) in [6.07, 6.45) is 1.72. The van der Waals surface area contributed by atoms with Gasteiger partial charge in [0.2, 0.25) is 0 Å². The van der Waals surface area contributed by atoms with Gasteiger partial charge in [0, 0.05) is 11.6 Å². The third-order valence-corrected chi connectivity index (χ3v) is 2.50. The molecule has 2 aromatic rings. The molecule has 15 heavy (non-hydrogen) atoms. The molecule has 1 aromatic heterocycles. The second-order valence-electron chi connectivity index (χ2n) is 3.52. The predicted molar refractivity (Wildman–Crippen MR) is 57.8 cm³/mol. The maximum atomic E-state index is 10.8. The Kier molecular flexibility index (Phi) is 2.37. The summed E-state index contributed by atoms with van der Waals surface area (Å²) < 4.78 is 0. The molecule has 0 amide bonds. The van der Waals surface area contributed by atoms with Crippen LogP contribution in [0.5, 0.6) is 0 Å². The predicted octanol–water partition coefficient (Wildman–Crippen LogP) is 2.42. The second kappa shape index (κ2) is 3.69. The van der Waals surface area contributed by atoms with Crippen molar-refractivity contribution in [3.63, 3.8) is 0 Å². The summed E-state index contributed by atoms with van der Waals surface area (Å²) in [4.78, 5) is 15.0. The molecule has 0 bridgehead atoms. The van der Waals surface area contributed by atoms with E-state index in [-0.39, 0.29) is 0 Å². The Hall–Kier alpha value is -1.90. The Labute approximate surface area is 87.4 Å². The molecule has 3 heteroatoms. The first-order chi connectivity index (χ1) is 7.18. The van der Waals surface area contributed by atoms with Crippen LogP contribution in [0.25, 0.3) is 10.9 Å². The van der Waals surface area contributed by atoms with Crippen LogP contribution in [0, 0.1) is 0 Å². The van der Waals surface area contributed by atoms with Gasteiger partial charge in [-0.1, -0.05) is 12.1 Å². The first-order valence-corrected chi connectivity index (χ1v) is 4.76. The maximum absolute atomic E-state index is 10.8. The normalized spacial score (nSPS) is 12.6. The third kappa shape index (κ3) is 1.81. The molecule has 1 heterocycles. The summed E-state index contributed by atoms with van der Waals surface area (Å²) in [7, 11) is 0. The molecule has 0 aliphatic heterocycles. The molecule has 76 valence electrons. The van der Waals surface area contributed by atoms with Gasteiger partial charge in [-0.2, -0.15) is 0 Å². The zero-order valence-electron chi connectivity index (χ0n) is 8.34. The van der Waals surface area contributed by atoms with Gasteiger partial charge in [-0.05, 0) is 30.7 Å². The van der Waals surface area contributed by atoms with E-state index < -0.39 is 11.9 Å². The molecule has 2 rings (SSSR count). The highest BCUT2D eigenvalue weighted by Crippen LogP contribution is 2.20. The van der Waals surface area contributed by atoms with E-state index in [0.29, 0.717) is 0 Å². The average Bonchev–Trinajstić information content (AvgIpc) is 2.27. The van der Waals surface area contributed by atoms with Crippen LogP contribution < -0.4 is 0 Å². The van der Waals surface area contributed by atoms with E-state index in [9.17, 15) is 4.79 Å². The zero-order valence-corrected chi connectivity index (χ0v) is 8.34. The number of nitrogens with zero attached hydrogens (tertiary/aromatic N) is 1. The first kappa shape index (κ1) is 9.65. The average molecular weight is 201 g/mol. The largest absolute Gasteiger partial charge is 0.481 e. The Bertz CT molecular complexity index is 508. The Morgan fingerprint density at radius 2 is 2.20 bits per heavy atom. The minimum atomic E-state index is -0.807. The SMILES string of the molecule is C[C@H](C(=O)O)c1ccc2ncccc2c1. The van der Waals surface area contributed by atoms with Crippen molar-refractivity contribution in [1.82, 2.24) is 4.98 Å². The van der Waals surface area contributed by atoms with Gasteiger partial charge in [0.1, 0.15) is 0 Å². The van der Waals surface area contributed by atoms with Crippen molar-refractivity contribution in [3.8, 4) is 0 Å². The van der Waals surface area contributed by atoms with E-state index in [0.717, 1.165) is 16.5 Å². The number of fused-ring (bicyclic) bond motifs is 1. The van der Waals surface area contributed by atoms with Gasteiger partial charge in [-0.15, -0.1) is 0 Å². The molecule has 0 aliphatic rings. The summed E-state index contributed by atoms with van der Waals surface area (Å²) in [5.74, 6) is -1.28. The van der Waals surface area contributed by atoms with Crippen LogP contribution in [0.3, 0.4) is 0 Å². The number of pyridine rings is 1. The van der Waals surface area contributed by atoms with Crippen LogP contribution >= 0.6 is 0 Å². The number of carboxylic acids is 1. The van der Waals surface area contributed by atoms with E-state index >= 15 is 0 Å². The molecule has 0 unspecified atom stereocenters. The van der Waals surface area contributed by atoms with Gasteiger partial charge < -0.3 is 5.11 Å². The van der Waals surface area contributed by atoms with E-state index in [1.54, 1.807) is 13.1 Å². The fourth-order valence-corrected chi connectivity index (χ4v) is 1.51. The summed E-state index contributed by atoms with van der Waals surface area (Å²) in [6.45, 7) is 1.68. The molecular weight excluding hydrogens is 190 g/mol. The fraction of sp³-hybridized carbons (Fsp3) is 0.167. The maximum Gasteiger partial charge on any atom is 0.310 e. The summed E-state index contributed by atoms with van der Waals surface area (Å²) in [5, 5.41) is 9.87. The van der Waals surface area contributed by atoms with Gasteiger partial charge in [-0.25, -0.2) is 0 Å². The quantitative estimate of drug-likeness (QED) is 0.811. The second-order valence-corrected chi connectivity index (χ2v) is 3.52. The molecule has 1 aromatic carbocycles. The minimum Gasteiger partial charge on any atom is -0.481 e. The molecule has 0 saturated carbocycles. The number of aromatic nitrogens is 1. The van der Waals surface area contributed by atoms with Gasteiger partial charge in [-0.3, -0.25) is 9.78 Å². The Morgan fingerprint density at radius 3 is 2.93 bits per heavy atom. The standard InChI is InChI=1S/C12H11NO2/c1-8(12(14)15)9-4-5-11-10(7-9)3-2-6-13-11/h2-8H,1H3,(H,14,15)/t8-/m0/s1. The lowest BCUT2D eigenvalue weighted by Gasteiger charge is -2.07. The molecule has 0 aliphatic carbocycles. The van der Waals surface area contributed by atoms with Gasteiger partial charge in [0.15, 0.2) is 0 Å². The van der Waals surface area contributed by atoms with Crippen LogP contribution in [0.1, 0.15) is 18.4 Å². The van der Waals surface area contributed by atoms with Crippen molar-refractivity contribution in [2.24, 2.45) is 0 Å². The number of rotatable bonds is 2. The highest BCUT2D eigenvalue weighted by molar-refractivity contribution is 5.82. The number of carboxylic acid groups (broad SMARTS) is 1. The third-order valence-electron chi connectivity index (χ3n) is 2.50. The monoisotopic (exact) mass is 201 g/mol. The molecule has 0 radical (unpaired) electrons. The van der Waals surface area contributed by atoms with E-state index in [1.807, 2.05) is 30.3 Å². The number of aliphatic carboxylic acids is 1. The van der Waals surface area contributed by atoms with E-state index in [4.69, 9.17) is 5.11 Å². The van der Waals surface area contributed by atoms with Crippen molar-refractivity contribution in [1.29, 1.82) is 0 Å². The number of hydrogen-bond acceptors (Lipinski definition) is 2. The summed E-state index contributed by atoms with van der Waals surface area (Å²) in [6, 6.07) is 9.32. The topological polar surface area (TPSA) is 50.2 Å². The van der Waals surface area contributed by atoms with Crippen LogP contribution in [-0.2, 0) is 4.79 Å². The number of benzene rings is 1. The van der Waals surface area contributed by atoms with Crippen molar-refractivity contribution < 1.29 is 9.90 Å². The van der Waals surface area contributed by atoms with Crippen LogP contribution in [0.4, 0.5) is 0 Å². The molecular formula is C12H11NO2.